The number of amides is 2. The van der Waals surface area contributed by atoms with Gasteiger partial charge in [0.1, 0.15) is 0 Å². The molecular formula is C21H20ClN3O. The van der Waals surface area contributed by atoms with Gasteiger partial charge < -0.3 is 14.8 Å². The van der Waals surface area contributed by atoms with Crippen LogP contribution in [0.3, 0.4) is 0 Å². The number of aromatic nitrogens is 1. The summed E-state index contributed by atoms with van der Waals surface area (Å²) in [5.41, 5.74) is 5.01. The molecule has 0 spiro atoms. The van der Waals surface area contributed by atoms with E-state index in [0.29, 0.717) is 17.3 Å². The molecule has 0 radical (unpaired) electrons. The number of aryl methyl sites for hydroxylation is 1. The molecule has 0 saturated carbocycles. The van der Waals surface area contributed by atoms with Gasteiger partial charge in [-0.25, -0.2) is 4.79 Å². The van der Waals surface area contributed by atoms with Gasteiger partial charge in [-0.2, -0.15) is 0 Å². The van der Waals surface area contributed by atoms with Crippen molar-refractivity contribution in [3.8, 4) is 5.69 Å². The number of carbonyl (C=O) groups excluding carboxylic acids is 1. The number of urea groups is 1. The third-order valence-corrected chi connectivity index (χ3v) is 5.36. The first-order valence-electron chi connectivity index (χ1n) is 8.64. The predicted octanol–water partition coefficient (Wildman–Crippen LogP) is 5.55. The second kappa shape index (κ2) is 6.54. The summed E-state index contributed by atoms with van der Waals surface area (Å²) in [6, 6.07) is 17.6. The summed E-state index contributed by atoms with van der Waals surface area (Å²) in [4.78, 5) is 14.9. The van der Waals surface area contributed by atoms with Gasteiger partial charge >= 0.3 is 6.03 Å². The smallest absolute Gasteiger partial charge is 0.318 e. The number of nitrogens with zero attached hydrogens (tertiary/aromatic N) is 2. The molecule has 0 bridgehead atoms. The standard InChI is InChI=1S/C21H20ClN3O/c1-14-9-10-17(12-18(14)22)23-21(26)25-13-16-6-3-4-7-20(16)24-11-5-8-19(24)15(25)2/h3-12,15H,13H2,1-2H3,(H,23,26)/t15-/m1/s1. The monoisotopic (exact) mass is 365 g/mol. The largest absolute Gasteiger partial charge is 0.322 e. The molecule has 1 aromatic heterocycles. The molecule has 2 heterocycles. The highest BCUT2D eigenvalue weighted by Gasteiger charge is 2.28. The summed E-state index contributed by atoms with van der Waals surface area (Å²) in [6.45, 7) is 4.54. The number of hydrogen-bond donors (Lipinski definition) is 1. The number of rotatable bonds is 1. The number of fused-ring (bicyclic) bond motifs is 3. The molecular weight excluding hydrogens is 346 g/mol. The Morgan fingerprint density at radius 3 is 2.77 bits per heavy atom. The molecule has 1 atom stereocenters. The molecule has 4 rings (SSSR count). The Kier molecular flexibility index (Phi) is 4.21. The van der Waals surface area contributed by atoms with Crippen LogP contribution in [0.15, 0.2) is 60.8 Å². The lowest BCUT2D eigenvalue weighted by Gasteiger charge is -2.27. The van der Waals surface area contributed by atoms with Crippen molar-refractivity contribution < 1.29 is 4.79 Å². The zero-order valence-electron chi connectivity index (χ0n) is 14.7. The fourth-order valence-electron chi connectivity index (χ4n) is 3.43. The maximum absolute atomic E-state index is 13.0. The van der Waals surface area contributed by atoms with Crippen molar-refractivity contribution in [3.63, 3.8) is 0 Å². The zero-order chi connectivity index (χ0) is 18.3. The first kappa shape index (κ1) is 16.7. The number of anilines is 1. The number of hydrogen-bond acceptors (Lipinski definition) is 1. The molecule has 0 saturated heterocycles. The second-order valence-corrected chi connectivity index (χ2v) is 7.04. The lowest BCUT2D eigenvalue weighted by Crippen LogP contribution is -2.36. The molecule has 1 N–H and O–H groups in total. The average Bonchev–Trinajstić information content (AvgIpc) is 3.08. The molecule has 0 aliphatic carbocycles. The van der Waals surface area contributed by atoms with Crippen LogP contribution in [-0.2, 0) is 6.54 Å². The van der Waals surface area contributed by atoms with Gasteiger partial charge in [0.15, 0.2) is 0 Å². The highest BCUT2D eigenvalue weighted by atomic mass is 35.5. The van der Waals surface area contributed by atoms with Crippen LogP contribution in [0.5, 0.6) is 0 Å². The van der Waals surface area contributed by atoms with Gasteiger partial charge in [0, 0.05) is 22.6 Å². The third-order valence-electron chi connectivity index (χ3n) is 4.95. The van der Waals surface area contributed by atoms with Crippen LogP contribution in [0.2, 0.25) is 5.02 Å². The van der Waals surface area contributed by atoms with Gasteiger partial charge in [0.2, 0.25) is 0 Å². The van der Waals surface area contributed by atoms with E-state index in [9.17, 15) is 4.79 Å². The first-order valence-corrected chi connectivity index (χ1v) is 9.01. The number of para-hydroxylation sites is 1. The molecule has 1 aliphatic rings. The van der Waals surface area contributed by atoms with Crippen LogP contribution >= 0.6 is 11.6 Å². The Labute approximate surface area is 158 Å². The van der Waals surface area contributed by atoms with E-state index in [0.717, 1.165) is 22.5 Å². The molecule has 2 amide bonds. The van der Waals surface area contributed by atoms with Gasteiger partial charge in [-0.05, 0) is 55.3 Å². The quantitative estimate of drug-likeness (QED) is 0.603. The Balaban J connectivity index is 1.68. The number of nitrogens with one attached hydrogen (secondary N) is 1. The van der Waals surface area contributed by atoms with Gasteiger partial charge in [-0.1, -0.05) is 35.9 Å². The van der Waals surface area contributed by atoms with Crippen LogP contribution in [0, 0.1) is 6.92 Å². The number of carbonyl (C=O) groups is 1. The summed E-state index contributed by atoms with van der Waals surface area (Å²) < 4.78 is 2.16. The van der Waals surface area contributed by atoms with Crippen LogP contribution < -0.4 is 5.32 Å². The van der Waals surface area contributed by atoms with Crippen molar-refractivity contribution in [2.24, 2.45) is 0 Å². The normalized spacial score (nSPS) is 15.8. The molecule has 0 fully saturated rings. The van der Waals surface area contributed by atoms with E-state index in [4.69, 9.17) is 11.6 Å². The predicted molar refractivity (Wildman–Crippen MR) is 105 cm³/mol. The van der Waals surface area contributed by atoms with Crippen LogP contribution in [0.25, 0.3) is 5.69 Å². The first-order chi connectivity index (χ1) is 12.5. The molecule has 26 heavy (non-hydrogen) atoms. The van der Waals surface area contributed by atoms with Crippen LogP contribution in [0.1, 0.15) is 29.8 Å². The Morgan fingerprint density at radius 1 is 1.15 bits per heavy atom. The fourth-order valence-corrected chi connectivity index (χ4v) is 3.61. The van der Waals surface area contributed by atoms with Crippen LogP contribution in [-0.4, -0.2) is 15.5 Å². The number of benzene rings is 2. The summed E-state index contributed by atoms with van der Waals surface area (Å²) in [5.74, 6) is 0. The Hall–Kier alpha value is -2.72. The maximum atomic E-state index is 13.0. The van der Waals surface area contributed by atoms with E-state index < -0.39 is 0 Å². The van der Waals surface area contributed by atoms with Gasteiger partial charge in [-0.3, -0.25) is 0 Å². The van der Waals surface area contributed by atoms with Crippen molar-refractivity contribution in [2.75, 3.05) is 5.32 Å². The third kappa shape index (κ3) is 2.86. The van der Waals surface area contributed by atoms with E-state index in [1.54, 1.807) is 6.07 Å². The van der Waals surface area contributed by atoms with E-state index in [1.807, 2.05) is 48.4 Å². The van der Waals surface area contributed by atoms with E-state index in [2.05, 4.69) is 35.0 Å². The molecule has 2 aromatic carbocycles. The zero-order valence-corrected chi connectivity index (χ0v) is 15.5. The minimum Gasteiger partial charge on any atom is -0.318 e. The van der Waals surface area contributed by atoms with Gasteiger partial charge in [0.05, 0.1) is 18.3 Å². The van der Waals surface area contributed by atoms with Gasteiger partial charge in [0.25, 0.3) is 0 Å². The molecule has 132 valence electrons. The molecule has 5 heteroatoms. The number of halogens is 1. The van der Waals surface area contributed by atoms with Gasteiger partial charge in [-0.15, -0.1) is 0 Å². The minimum absolute atomic E-state index is 0.0571. The maximum Gasteiger partial charge on any atom is 0.322 e. The lowest BCUT2D eigenvalue weighted by molar-refractivity contribution is 0.189. The summed E-state index contributed by atoms with van der Waals surface area (Å²) in [6.07, 6.45) is 2.05. The molecule has 1 aliphatic heterocycles. The fraction of sp³-hybridized carbons (Fsp3) is 0.190. The second-order valence-electron chi connectivity index (χ2n) is 6.63. The summed E-state index contributed by atoms with van der Waals surface area (Å²) in [5, 5.41) is 3.63. The van der Waals surface area contributed by atoms with Crippen LogP contribution in [0.4, 0.5) is 10.5 Å². The van der Waals surface area contributed by atoms with Crippen molar-refractivity contribution in [1.82, 2.24) is 9.47 Å². The van der Waals surface area contributed by atoms with Crippen molar-refractivity contribution in [1.29, 1.82) is 0 Å². The van der Waals surface area contributed by atoms with Crippen molar-refractivity contribution >= 4 is 23.3 Å². The van der Waals surface area contributed by atoms with Crippen molar-refractivity contribution in [2.45, 2.75) is 26.4 Å². The highest BCUT2D eigenvalue weighted by molar-refractivity contribution is 6.31. The molecule has 3 aromatic rings. The van der Waals surface area contributed by atoms with E-state index >= 15 is 0 Å². The lowest BCUT2D eigenvalue weighted by atomic mass is 10.1. The summed E-state index contributed by atoms with van der Waals surface area (Å²) >= 11 is 6.19. The highest BCUT2D eigenvalue weighted by Crippen LogP contribution is 2.32. The summed E-state index contributed by atoms with van der Waals surface area (Å²) in [7, 11) is 0. The minimum atomic E-state index is -0.137. The average molecular weight is 366 g/mol. The van der Waals surface area contributed by atoms with E-state index in [1.165, 1.54) is 0 Å². The SMILES string of the molecule is Cc1ccc(NC(=O)N2Cc3ccccc3-n3cccc3[C@H]2C)cc1Cl. The Bertz CT molecular complexity index is 979. The molecule has 0 unspecified atom stereocenters. The Morgan fingerprint density at radius 2 is 1.96 bits per heavy atom. The molecule has 4 nitrogen and oxygen atoms in total. The van der Waals surface area contributed by atoms with E-state index in [-0.39, 0.29) is 12.1 Å². The van der Waals surface area contributed by atoms with Crippen molar-refractivity contribution in [3.05, 3.63) is 82.6 Å². The topological polar surface area (TPSA) is 37.3 Å².